The molecule has 0 aromatic carbocycles. The van der Waals surface area contributed by atoms with Crippen LogP contribution in [0.4, 0.5) is 4.79 Å². The smallest absolute Gasteiger partial charge is 0.408 e. The molecule has 0 saturated heterocycles. The van der Waals surface area contributed by atoms with Crippen LogP contribution in [-0.2, 0) is 14.3 Å². The Morgan fingerprint density at radius 1 is 1.31 bits per heavy atom. The van der Waals surface area contributed by atoms with E-state index >= 15 is 0 Å². The lowest BCUT2D eigenvalue weighted by Crippen LogP contribution is -2.36. The first-order chi connectivity index (χ1) is 7.37. The lowest BCUT2D eigenvalue weighted by molar-refractivity contribution is -0.143. The molecule has 0 unspecified atom stereocenters. The Balaban J connectivity index is 2.07. The standard InChI is InChI=1S/C11H19NO4/c1-11(2,3)16-10(14)12-6-9(13)15-7-8-4-5-8/h8H,4-7H2,1-3H3,(H,12,14). The second kappa shape index (κ2) is 5.18. The Bertz CT molecular complexity index is 266. The van der Waals surface area contributed by atoms with Crippen LogP contribution in [0.15, 0.2) is 0 Å². The van der Waals surface area contributed by atoms with Gasteiger partial charge < -0.3 is 14.8 Å². The summed E-state index contributed by atoms with van der Waals surface area (Å²) in [5, 5.41) is 2.35. The molecule has 1 N–H and O–H groups in total. The lowest BCUT2D eigenvalue weighted by atomic mass is 10.2. The van der Waals surface area contributed by atoms with Crippen molar-refractivity contribution in [2.75, 3.05) is 13.2 Å². The highest BCUT2D eigenvalue weighted by Gasteiger charge is 2.23. The SMILES string of the molecule is CC(C)(C)OC(=O)NCC(=O)OCC1CC1. The van der Waals surface area contributed by atoms with Crippen molar-refractivity contribution in [1.82, 2.24) is 5.32 Å². The van der Waals surface area contributed by atoms with E-state index in [0.29, 0.717) is 12.5 Å². The molecule has 1 saturated carbocycles. The first kappa shape index (κ1) is 12.8. The van der Waals surface area contributed by atoms with Gasteiger partial charge in [-0.1, -0.05) is 0 Å². The van der Waals surface area contributed by atoms with E-state index in [1.54, 1.807) is 20.8 Å². The Labute approximate surface area is 95.5 Å². The van der Waals surface area contributed by atoms with Crippen molar-refractivity contribution in [2.45, 2.75) is 39.2 Å². The van der Waals surface area contributed by atoms with E-state index in [2.05, 4.69) is 5.32 Å². The monoisotopic (exact) mass is 229 g/mol. The molecule has 0 aromatic heterocycles. The van der Waals surface area contributed by atoms with Crippen molar-refractivity contribution < 1.29 is 19.1 Å². The first-order valence-electron chi connectivity index (χ1n) is 5.49. The summed E-state index contributed by atoms with van der Waals surface area (Å²) in [6.45, 7) is 5.62. The topological polar surface area (TPSA) is 64.6 Å². The number of amides is 1. The Kier molecular flexibility index (Phi) is 4.15. The maximum absolute atomic E-state index is 11.2. The number of alkyl carbamates (subject to hydrolysis) is 1. The molecule has 1 amide bonds. The zero-order chi connectivity index (χ0) is 12.2. The Morgan fingerprint density at radius 2 is 1.94 bits per heavy atom. The van der Waals surface area contributed by atoms with Gasteiger partial charge in [-0.3, -0.25) is 4.79 Å². The van der Waals surface area contributed by atoms with Crippen LogP contribution in [0, 0.1) is 5.92 Å². The molecule has 0 bridgehead atoms. The normalized spacial score (nSPS) is 15.4. The number of carbonyl (C=O) groups excluding carboxylic acids is 2. The minimum absolute atomic E-state index is 0.137. The van der Waals surface area contributed by atoms with Gasteiger partial charge in [0.1, 0.15) is 12.1 Å². The van der Waals surface area contributed by atoms with Gasteiger partial charge in [-0.05, 0) is 39.5 Å². The van der Waals surface area contributed by atoms with Crippen LogP contribution in [0.2, 0.25) is 0 Å². The van der Waals surface area contributed by atoms with Crippen LogP contribution in [0.5, 0.6) is 0 Å². The van der Waals surface area contributed by atoms with Crippen molar-refractivity contribution in [3.8, 4) is 0 Å². The maximum Gasteiger partial charge on any atom is 0.408 e. The second-order valence-corrected chi connectivity index (χ2v) is 4.98. The van der Waals surface area contributed by atoms with Gasteiger partial charge in [0.05, 0.1) is 6.61 Å². The van der Waals surface area contributed by atoms with E-state index in [1.807, 2.05) is 0 Å². The van der Waals surface area contributed by atoms with Crippen LogP contribution in [0.3, 0.4) is 0 Å². The highest BCUT2D eigenvalue weighted by atomic mass is 16.6. The molecule has 1 aliphatic carbocycles. The summed E-state index contributed by atoms with van der Waals surface area (Å²) in [4.78, 5) is 22.3. The van der Waals surface area contributed by atoms with Crippen LogP contribution in [-0.4, -0.2) is 30.8 Å². The molecule has 0 aliphatic heterocycles. The predicted molar refractivity (Wildman–Crippen MR) is 57.9 cm³/mol. The summed E-state index contributed by atoms with van der Waals surface area (Å²) < 4.78 is 9.91. The number of carbonyl (C=O) groups is 2. The minimum Gasteiger partial charge on any atom is -0.464 e. The van der Waals surface area contributed by atoms with E-state index < -0.39 is 17.7 Å². The predicted octanol–water partition coefficient (Wildman–Crippen LogP) is 1.46. The molecule has 1 rings (SSSR count). The average molecular weight is 229 g/mol. The number of hydrogen-bond acceptors (Lipinski definition) is 4. The van der Waals surface area contributed by atoms with Gasteiger partial charge in [-0.15, -0.1) is 0 Å². The number of hydrogen-bond donors (Lipinski definition) is 1. The fourth-order valence-electron chi connectivity index (χ4n) is 1.00. The van der Waals surface area contributed by atoms with Crippen molar-refractivity contribution in [3.63, 3.8) is 0 Å². The van der Waals surface area contributed by atoms with Crippen LogP contribution < -0.4 is 5.32 Å². The van der Waals surface area contributed by atoms with Crippen molar-refractivity contribution in [2.24, 2.45) is 5.92 Å². The van der Waals surface area contributed by atoms with Crippen molar-refractivity contribution >= 4 is 12.1 Å². The second-order valence-electron chi connectivity index (χ2n) is 4.98. The molecule has 92 valence electrons. The zero-order valence-electron chi connectivity index (χ0n) is 10.0. The fraction of sp³-hybridized carbons (Fsp3) is 0.818. The molecule has 0 atom stereocenters. The lowest BCUT2D eigenvalue weighted by Gasteiger charge is -2.19. The van der Waals surface area contributed by atoms with E-state index in [4.69, 9.17) is 9.47 Å². The molecule has 0 heterocycles. The Morgan fingerprint density at radius 3 is 2.44 bits per heavy atom. The summed E-state index contributed by atoms with van der Waals surface area (Å²) in [6.07, 6.45) is 1.66. The average Bonchev–Trinajstić information content (AvgIpc) is 2.92. The number of ether oxygens (including phenoxy) is 2. The molecule has 1 aliphatic rings. The first-order valence-corrected chi connectivity index (χ1v) is 5.49. The van der Waals surface area contributed by atoms with Gasteiger partial charge in [-0.2, -0.15) is 0 Å². The third kappa shape index (κ3) is 6.27. The molecule has 1 fully saturated rings. The van der Waals surface area contributed by atoms with Gasteiger partial charge in [0.2, 0.25) is 0 Å². The largest absolute Gasteiger partial charge is 0.464 e. The molecular weight excluding hydrogens is 210 g/mol. The zero-order valence-corrected chi connectivity index (χ0v) is 10.0. The summed E-state index contributed by atoms with van der Waals surface area (Å²) in [7, 11) is 0. The molecule has 0 aromatic rings. The maximum atomic E-state index is 11.2. The molecule has 5 heteroatoms. The number of rotatable bonds is 4. The van der Waals surface area contributed by atoms with E-state index in [0.717, 1.165) is 12.8 Å². The summed E-state index contributed by atoms with van der Waals surface area (Å²) >= 11 is 0. The van der Waals surface area contributed by atoms with Crippen LogP contribution in [0.1, 0.15) is 33.6 Å². The van der Waals surface area contributed by atoms with Gasteiger partial charge >= 0.3 is 12.1 Å². The number of nitrogens with one attached hydrogen (secondary N) is 1. The van der Waals surface area contributed by atoms with E-state index in [9.17, 15) is 9.59 Å². The summed E-state index contributed by atoms with van der Waals surface area (Å²) in [5.41, 5.74) is -0.554. The van der Waals surface area contributed by atoms with Crippen LogP contribution >= 0.6 is 0 Å². The molecule has 0 spiro atoms. The van der Waals surface area contributed by atoms with Crippen molar-refractivity contribution in [3.05, 3.63) is 0 Å². The summed E-state index contributed by atoms with van der Waals surface area (Å²) in [5.74, 6) is 0.114. The quantitative estimate of drug-likeness (QED) is 0.741. The summed E-state index contributed by atoms with van der Waals surface area (Å²) in [6, 6.07) is 0. The highest BCUT2D eigenvalue weighted by molar-refractivity contribution is 5.77. The van der Waals surface area contributed by atoms with Crippen molar-refractivity contribution in [1.29, 1.82) is 0 Å². The molecule has 5 nitrogen and oxygen atoms in total. The minimum atomic E-state index is -0.601. The molecular formula is C11H19NO4. The van der Waals surface area contributed by atoms with Gasteiger partial charge in [0.15, 0.2) is 0 Å². The fourth-order valence-corrected chi connectivity index (χ4v) is 1.00. The molecule has 0 radical (unpaired) electrons. The van der Waals surface area contributed by atoms with E-state index in [-0.39, 0.29) is 6.54 Å². The highest BCUT2D eigenvalue weighted by Crippen LogP contribution is 2.28. The third-order valence-corrected chi connectivity index (χ3v) is 1.95. The Hall–Kier alpha value is -1.26. The number of esters is 1. The van der Waals surface area contributed by atoms with Gasteiger partial charge in [-0.25, -0.2) is 4.79 Å². The van der Waals surface area contributed by atoms with Gasteiger partial charge in [0.25, 0.3) is 0 Å². The van der Waals surface area contributed by atoms with Crippen LogP contribution in [0.25, 0.3) is 0 Å². The van der Waals surface area contributed by atoms with E-state index in [1.165, 1.54) is 0 Å². The van der Waals surface area contributed by atoms with Gasteiger partial charge in [0, 0.05) is 0 Å². The molecule has 16 heavy (non-hydrogen) atoms. The third-order valence-electron chi connectivity index (χ3n) is 1.95.